The fourth-order valence-electron chi connectivity index (χ4n) is 2.66. The van der Waals surface area contributed by atoms with Crippen LogP contribution >= 0.6 is 0 Å². The molecule has 1 aromatic carbocycles. The van der Waals surface area contributed by atoms with E-state index in [1.807, 2.05) is 0 Å². The lowest BCUT2D eigenvalue weighted by Crippen LogP contribution is -2.38. The van der Waals surface area contributed by atoms with Crippen molar-refractivity contribution in [3.8, 4) is 0 Å². The Morgan fingerprint density at radius 3 is 2.70 bits per heavy atom. The minimum Gasteiger partial charge on any atom is -0.478 e. The molecule has 0 unspecified atom stereocenters. The quantitative estimate of drug-likeness (QED) is 0.913. The molecule has 1 aliphatic heterocycles. The van der Waals surface area contributed by atoms with Gasteiger partial charge in [-0.2, -0.15) is 0 Å². The summed E-state index contributed by atoms with van der Waals surface area (Å²) in [4.78, 5) is 25.4. The van der Waals surface area contributed by atoms with E-state index in [0.29, 0.717) is 18.7 Å². The van der Waals surface area contributed by atoms with Crippen LogP contribution in [0.25, 0.3) is 0 Å². The molecule has 1 atom stereocenters. The number of amides is 1. The molecule has 0 saturated carbocycles. The topological polar surface area (TPSA) is 66.8 Å². The summed E-state index contributed by atoms with van der Waals surface area (Å²) in [5.74, 6) is -1.13. The van der Waals surface area contributed by atoms with E-state index < -0.39 is 5.97 Å². The number of methoxy groups -OCH3 is 1. The molecular weight excluding hydrogens is 258 g/mol. The number of nitrogens with zero attached hydrogens (tertiary/aromatic N) is 1. The summed E-state index contributed by atoms with van der Waals surface area (Å²) in [6.45, 7) is 3.01. The fourth-order valence-corrected chi connectivity index (χ4v) is 2.66. The van der Waals surface area contributed by atoms with Gasteiger partial charge in [0.1, 0.15) is 0 Å². The third-order valence-corrected chi connectivity index (χ3v) is 3.57. The van der Waals surface area contributed by atoms with E-state index >= 15 is 0 Å². The van der Waals surface area contributed by atoms with Gasteiger partial charge in [-0.15, -0.1) is 0 Å². The first-order valence-corrected chi connectivity index (χ1v) is 6.68. The smallest absolute Gasteiger partial charge is 0.335 e. The molecule has 5 nitrogen and oxygen atoms in total. The van der Waals surface area contributed by atoms with E-state index in [1.54, 1.807) is 31.1 Å². The van der Waals surface area contributed by atoms with Crippen LogP contribution in [-0.2, 0) is 4.74 Å². The van der Waals surface area contributed by atoms with E-state index in [0.717, 1.165) is 18.4 Å². The van der Waals surface area contributed by atoms with Gasteiger partial charge in [0.15, 0.2) is 0 Å². The number of ether oxygens (including phenoxy) is 1. The van der Waals surface area contributed by atoms with Crippen molar-refractivity contribution in [3.63, 3.8) is 0 Å². The zero-order chi connectivity index (χ0) is 14.7. The number of likely N-dealkylation sites (tertiary alicyclic amines) is 1. The van der Waals surface area contributed by atoms with Gasteiger partial charge >= 0.3 is 5.97 Å². The maximum Gasteiger partial charge on any atom is 0.335 e. The Hall–Kier alpha value is -1.88. The van der Waals surface area contributed by atoms with Crippen LogP contribution < -0.4 is 0 Å². The van der Waals surface area contributed by atoms with Gasteiger partial charge < -0.3 is 14.7 Å². The summed E-state index contributed by atoms with van der Waals surface area (Å²) in [6.07, 6.45) is 1.88. The highest BCUT2D eigenvalue weighted by Crippen LogP contribution is 2.21. The number of rotatable bonds is 4. The number of aryl methyl sites for hydroxylation is 1. The molecule has 1 amide bonds. The molecule has 0 bridgehead atoms. The van der Waals surface area contributed by atoms with Crippen LogP contribution in [0.4, 0.5) is 0 Å². The summed E-state index contributed by atoms with van der Waals surface area (Å²) in [5, 5.41) is 9.07. The lowest BCUT2D eigenvalue weighted by Gasteiger charge is -2.24. The van der Waals surface area contributed by atoms with Gasteiger partial charge in [0, 0.05) is 19.2 Å². The zero-order valence-electron chi connectivity index (χ0n) is 11.8. The summed E-state index contributed by atoms with van der Waals surface area (Å²) >= 11 is 0. The molecular formula is C15H19NO4. The van der Waals surface area contributed by atoms with Crippen molar-refractivity contribution in [1.29, 1.82) is 0 Å². The molecule has 0 aliphatic carbocycles. The maximum atomic E-state index is 12.5. The lowest BCUT2D eigenvalue weighted by molar-refractivity contribution is 0.0630. The monoisotopic (exact) mass is 277 g/mol. The van der Waals surface area contributed by atoms with Crippen LogP contribution in [0, 0.1) is 6.92 Å². The maximum absolute atomic E-state index is 12.5. The number of carbonyl (C=O) groups excluding carboxylic acids is 1. The van der Waals surface area contributed by atoms with Crippen LogP contribution in [0.1, 0.15) is 39.1 Å². The highest BCUT2D eigenvalue weighted by molar-refractivity contribution is 5.98. The Morgan fingerprint density at radius 1 is 1.35 bits per heavy atom. The lowest BCUT2D eigenvalue weighted by atomic mass is 10.1. The third-order valence-electron chi connectivity index (χ3n) is 3.57. The van der Waals surface area contributed by atoms with E-state index in [4.69, 9.17) is 9.84 Å². The first kappa shape index (κ1) is 14.5. The summed E-state index contributed by atoms with van der Waals surface area (Å²) in [7, 11) is 1.62. The highest BCUT2D eigenvalue weighted by Gasteiger charge is 2.29. The van der Waals surface area contributed by atoms with Gasteiger partial charge in [0.2, 0.25) is 0 Å². The molecule has 0 radical (unpaired) electrons. The van der Waals surface area contributed by atoms with Crippen molar-refractivity contribution in [2.75, 3.05) is 20.3 Å². The minimum absolute atomic E-state index is 0.0845. The van der Waals surface area contributed by atoms with E-state index in [2.05, 4.69) is 0 Å². The summed E-state index contributed by atoms with van der Waals surface area (Å²) in [6, 6.07) is 4.83. The average Bonchev–Trinajstić information content (AvgIpc) is 2.85. The van der Waals surface area contributed by atoms with Crippen molar-refractivity contribution < 1.29 is 19.4 Å². The van der Waals surface area contributed by atoms with Crippen molar-refractivity contribution in [1.82, 2.24) is 4.90 Å². The number of carbonyl (C=O) groups is 2. The molecule has 1 saturated heterocycles. The number of hydrogen-bond donors (Lipinski definition) is 1. The molecule has 20 heavy (non-hydrogen) atoms. The standard InChI is InChI=1S/C15H19NO4/c1-10-6-11(8-12(7-10)15(18)19)14(17)16-5-3-4-13(16)9-20-2/h6-8,13H,3-5,9H2,1-2H3,(H,18,19)/t13-/m0/s1. The predicted octanol–water partition coefficient (Wildman–Crippen LogP) is 1.94. The Morgan fingerprint density at radius 2 is 2.05 bits per heavy atom. The average molecular weight is 277 g/mol. The molecule has 1 heterocycles. The number of aromatic carboxylic acids is 1. The molecule has 1 aromatic rings. The van der Waals surface area contributed by atoms with Gasteiger partial charge in [0.25, 0.3) is 5.91 Å². The highest BCUT2D eigenvalue weighted by atomic mass is 16.5. The number of carboxylic acid groups (broad SMARTS) is 1. The van der Waals surface area contributed by atoms with Crippen LogP contribution in [0.15, 0.2) is 18.2 Å². The van der Waals surface area contributed by atoms with Gasteiger partial charge in [-0.3, -0.25) is 4.79 Å². The molecule has 2 rings (SSSR count). The Balaban J connectivity index is 2.26. The van der Waals surface area contributed by atoms with Crippen LogP contribution in [0.3, 0.4) is 0 Å². The third kappa shape index (κ3) is 2.99. The van der Waals surface area contributed by atoms with E-state index in [-0.39, 0.29) is 17.5 Å². The number of hydrogen-bond acceptors (Lipinski definition) is 3. The minimum atomic E-state index is -1.02. The van der Waals surface area contributed by atoms with Crippen LogP contribution in [0.5, 0.6) is 0 Å². The van der Waals surface area contributed by atoms with Crippen molar-refractivity contribution in [2.45, 2.75) is 25.8 Å². The molecule has 0 spiro atoms. The second kappa shape index (κ2) is 6.05. The summed E-state index contributed by atoms with van der Waals surface area (Å²) < 4.78 is 5.14. The molecule has 0 aromatic heterocycles. The summed E-state index contributed by atoms with van der Waals surface area (Å²) in [5.41, 5.74) is 1.36. The van der Waals surface area contributed by atoms with E-state index in [1.165, 1.54) is 6.07 Å². The normalized spacial score (nSPS) is 18.3. The fraction of sp³-hybridized carbons (Fsp3) is 0.467. The second-order valence-electron chi connectivity index (χ2n) is 5.14. The Bertz CT molecular complexity index is 527. The molecule has 1 N–H and O–H groups in total. The molecule has 1 fully saturated rings. The Labute approximate surface area is 118 Å². The molecule has 108 valence electrons. The predicted molar refractivity (Wildman–Crippen MR) is 74.1 cm³/mol. The van der Waals surface area contributed by atoms with Gasteiger partial charge in [0.05, 0.1) is 18.2 Å². The number of benzene rings is 1. The second-order valence-corrected chi connectivity index (χ2v) is 5.14. The van der Waals surface area contributed by atoms with Crippen molar-refractivity contribution in [2.24, 2.45) is 0 Å². The zero-order valence-corrected chi connectivity index (χ0v) is 11.8. The van der Waals surface area contributed by atoms with Gasteiger partial charge in [-0.25, -0.2) is 4.79 Å². The van der Waals surface area contributed by atoms with Crippen molar-refractivity contribution in [3.05, 3.63) is 34.9 Å². The number of carboxylic acids is 1. The largest absolute Gasteiger partial charge is 0.478 e. The van der Waals surface area contributed by atoms with Crippen molar-refractivity contribution >= 4 is 11.9 Å². The van der Waals surface area contributed by atoms with Crippen LogP contribution in [0.2, 0.25) is 0 Å². The molecule has 5 heteroatoms. The SMILES string of the molecule is COC[C@@H]1CCCN1C(=O)c1cc(C)cc(C(=O)O)c1. The van der Waals surface area contributed by atoms with Gasteiger partial charge in [-0.1, -0.05) is 0 Å². The first-order valence-electron chi connectivity index (χ1n) is 6.68. The molecule has 1 aliphatic rings. The van der Waals surface area contributed by atoms with E-state index in [9.17, 15) is 9.59 Å². The Kier molecular flexibility index (Phi) is 4.39. The van der Waals surface area contributed by atoms with Crippen LogP contribution in [-0.4, -0.2) is 48.2 Å². The first-order chi connectivity index (χ1) is 9.52. The van der Waals surface area contributed by atoms with Gasteiger partial charge in [-0.05, 0) is 43.5 Å².